The molecule has 2 rings (SSSR count). The highest BCUT2D eigenvalue weighted by Gasteiger charge is 2.24. The number of amides is 1. The quantitative estimate of drug-likeness (QED) is 0.806. The molecule has 4 nitrogen and oxygen atoms in total. The Kier molecular flexibility index (Phi) is 6.32. The summed E-state index contributed by atoms with van der Waals surface area (Å²) in [7, 11) is 0. The number of nitrogens with one attached hydrogen (secondary N) is 1. The van der Waals surface area contributed by atoms with Gasteiger partial charge >= 0.3 is 0 Å². The predicted octanol–water partition coefficient (Wildman–Crippen LogP) is 2.45. The number of carbonyl (C=O) groups excluding carboxylic acids is 1. The Balaban J connectivity index is 1.72. The zero-order valence-electron chi connectivity index (χ0n) is 12.4. The van der Waals surface area contributed by atoms with Gasteiger partial charge in [-0.05, 0) is 25.7 Å². The Morgan fingerprint density at radius 3 is 2.25 bits per heavy atom. The number of carbonyl (C=O) groups is 1. The molecule has 112 valence electrons. The molecule has 2 fully saturated rings. The minimum absolute atomic E-state index is 0.243. The lowest BCUT2D eigenvalue weighted by Gasteiger charge is -2.31. The maximum atomic E-state index is 12.4. The van der Waals surface area contributed by atoms with Crippen LogP contribution in [0.2, 0.25) is 0 Å². The minimum Gasteiger partial charge on any atom is -0.353 e. The molecule has 2 aliphatic rings. The van der Waals surface area contributed by atoms with Crippen LogP contribution in [0.4, 0.5) is 0 Å². The largest absolute Gasteiger partial charge is 0.353 e. The van der Waals surface area contributed by atoms with Crippen molar-refractivity contribution < 1.29 is 4.79 Å². The fourth-order valence-corrected chi connectivity index (χ4v) is 3.37. The Bertz CT molecular complexity index is 334. The molecule has 0 aromatic carbocycles. The maximum Gasteiger partial charge on any atom is 0.223 e. The number of rotatable bonds is 3. The normalized spacial score (nSPS) is 23.6. The second-order valence-corrected chi connectivity index (χ2v) is 6.26. The number of hydrogen-bond acceptors (Lipinski definition) is 3. The van der Waals surface area contributed by atoms with Gasteiger partial charge in [-0.2, -0.15) is 5.26 Å². The molecule has 0 unspecified atom stereocenters. The van der Waals surface area contributed by atoms with Crippen molar-refractivity contribution >= 4 is 5.91 Å². The van der Waals surface area contributed by atoms with Gasteiger partial charge in [-0.25, -0.2) is 0 Å². The highest BCUT2D eigenvalue weighted by Crippen LogP contribution is 2.23. The Morgan fingerprint density at radius 1 is 1.05 bits per heavy atom. The summed E-state index contributed by atoms with van der Waals surface area (Å²) in [5.74, 6) is 0.526. The molecule has 1 aliphatic carbocycles. The molecule has 1 saturated heterocycles. The summed E-state index contributed by atoms with van der Waals surface area (Å²) in [6, 6.07) is 2.52. The van der Waals surface area contributed by atoms with E-state index >= 15 is 0 Å². The number of nitrogens with zero attached hydrogens (tertiary/aromatic N) is 2. The van der Waals surface area contributed by atoms with Crippen molar-refractivity contribution in [3.63, 3.8) is 0 Å². The van der Waals surface area contributed by atoms with Gasteiger partial charge in [-0.1, -0.05) is 32.1 Å². The van der Waals surface area contributed by atoms with Crippen LogP contribution in [0.5, 0.6) is 0 Å². The van der Waals surface area contributed by atoms with Crippen molar-refractivity contribution in [3.8, 4) is 6.07 Å². The van der Waals surface area contributed by atoms with Crippen LogP contribution in [0.3, 0.4) is 0 Å². The number of nitriles is 1. The van der Waals surface area contributed by atoms with Crippen LogP contribution in [-0.4, -0.2) is 36.5 Å². The number of piperidine rings is 1. The second kappa shape index (κ2) is 8.26. The molecule has 4 heteroatoms. The molecule has 1 amide bonds. The highest BCUT2D eigenvalue weighted by molar-refractivity contribution is 5.78. The van der Waals surface area contributed by atoms with E-state index in [1.165, 1.54) is 32.1 Å². The van der Waals surface area contributed by atoms with Gasteiger partial charge in [-0.3, -0.25) is 9.69 Å². The first-order valence-electron chi connectivity index (χ1n) is 8.19. The molecule has 0 spiro atoms. The summed E-state index contributed by atoms with van der Waals surface area (Å²) >= 11 is 0. The Morgan fingerprint density at radius 2 is 1.65 bits per heavy atom. The Labute approximate surface area is 122 Å². The van der Waals surface area contributed by atoms with Crippen LogP contribution in [0.25, 0.3) is 0 Å². The van der Waals surface area contributed by atoms with Crippen molar-refractivity contribution in [2.24, 2.45) is 5.92 Å². The molecule has 0 aromatic heterocycles. The lowest BCUT2D eigenvalue weighted by molar-refractivity contribution is -0.126. The third kappa shape index (κ3) is 4.79. The van der Waals surface area contributed by atoms with Crippen LogP contribution in [0.1, 0.15) is 57.8 Å². The topological polar surface area (TPSA) is 56.1 Å². The summed E-state index contributed by atoms with van der Waals surface area (Å²) in [6.45, 7) is 2.38. The van der Waals surface area contributed by atoms with E-state index in [2.05, 4.69) is 16.3 Å². The van der Waals surface area contributed by atoms with Gasteiger partial charge in [0, 0.05) is 25.0 Å². The number of likely N-dealkylation sites (tertiary alicyclic amines) is 1. The van der Waals surface area contributed by atoms with Crippen molar-refractivity contribution in [2.75, 3.05) is 19.6 Å². The predicted molar refractivity (Wildman–Crippen MR) is 79.0 cm³/mol. The first-order valence-corrected chi connectivity index (χ1v) is 8.19. The average Bonchev–Trinajstić information content (AvgIpc) is 2.41. The average molecular weight is 277 g/mol. The Hall–Kier alpha value is -1.08. The fraction of sp³-hybridized carbons (Fsp3) is 0.875. The van der Waals surface area contributed by atoms with E-state index in [0.29, 0.717) is 12.6 Å². The summed E-state index contributed by atoms with van der Waals surface area (Å²) in [5.41, 5.74) is 0. The van der Waals surface area contributed by atoms with Crippen molar-refractivity contribution in [1.29, 1.82) is 5.26 Å². The number of hydrogen-bond donors (Lipinski definition) is 1. The molecule has 0 radical (unpaired) electrons. The van der Waals surface area contributed by atoms with E-state index in [-0.39, 0.29) is 11.8 Å². The van der Waals surface area contributed by atoms with Crippen LogP contribution in [0.15, 0.2) is 0 Å². The molecule has 20 heavy (non-hydrogen) atoms. The molecule has 0 atom stereocenters. The van der Waals surface area contributed by atoms with Gasteiger partial charge in [0.2, 0.25) is 5.91 Å². The third-order valence-corrected chi connectivity index (χ3v) is 4.70. The summed E-state index contributed by atoms with van der Waals surface area (Å²) in [5, 5.41) is 11.9. The van der Waals surface area contributed by atoms with E-state index in [1.54, 1.807) is 0 Å². The lowest BCUT2D eigenvalue weighted by atomic mass is 9.90. The van der Waals surface area contributed by atoms with Crippen molar-refractivity contribution in [2.45, 2.75) is 63.8 Å². The summed E-state index contributed by atoms with van der Waals surface area (Å²) < 4.78 is 0. The van der Waals surface area contributed by atoms with Gasteiger partial charge < -0.3 is 5.32 Å². The first kappa shape index (κ1) is 15.3. The molecule has 0 aromatic rings. The zero-order chi connectivity index (χ0) is 14.2. The van der Waals surface area contributed by atoms with Gasteiger partial charge in [0.05, 0.1) is 12.6 Å². The second-order valence-electron chi connectivity index (χ2n) is 6.26. The van der Waals surface area contributed by atoms with E-state index in [0.717, 1.165) is 38.8 Å². The standard InChI is InChI=1S/C16H27N3O/c17-10-13-19-11-8-15(9-12-19)18-16(20)14-6-4-2-1-3-5-7-14/h14-15H,1-9,11-13H2,(H,18,20). The van der Waals surface area contributed by atoms with E-state index < -0.39 is 0 Å². The molecule has 1 heterocycles. The van der Waals surface area contributed by atoms with Gasteiger partial charge in [0.25, 0.3) is 0 Å². The molecular formula is C16H27N3O. The fourth-order valence-electron chi connectivity index (χ4n) is 3.37. The molecular weight excluding hydrogens is 250 g/mol. The molecule has 0 bridgehead atoms. The molecule has 1 aliphatic heterocycles. The van der Waals surface area contributed by atoms with Crippen LogP contribution >= 0.6 is 0 Å². The maximum absolute atomic E-state index is 12.4. The molecule has 1 saturated carbocycles. The van der Waals surface area contributed by atoms with Crippen molar-refractivity contribution in [1.82, 2.24) is 10.2 Å². The monoisotopic (exact) mass is 277 g/mol. The summed E-state index contributed by atoms with van der Waals surface area (Å²) in [6.07, 6.45) is 10.4. The van der Waals surface area contributed by atoms with E-state index in [4.69, 9.17) is 5.26 Å². The minimum atomic E-state index is 0.243. The van der Waals surface area contributed by atoms with E-state index in [1.807, 2.05) is 0 Å². The van der Waals surface area contributed by atoms with Gasteiger partial charge in [-0.15, -0.1) is 0 Å². The first-order chi connectivity index (χ1) is 9.79. The highest BCUT2D eigenvalue weighted by atomic mass is 16.1. The lowest BCUT2D eigenvalue weighted by Crippen LogP contribution is -2.46. The van der Waals surface area contributed by atoms with Gasteiger partial charge in [0.1, 0.15) is 0 Å². The van der Waals surface area contributed by atoms with E-state index in [9.17, 15) is 4.79 Å². The van der Waals surface area contributed by atoms with Gasteiger partial charge in [0.15, 0.2) is 0 Å². The SMILES string of the molecule is N#CCN1CCC(NC(=O)C2CCCCCCC2)CC1. The van der Waals surface area contributed by atoms with Crippen LogP contribution < -0.4 is 5.32 Å². The zero-order valence-corrected chi connectivity index (χ0v) is 12.4. The van der Waals surface area contributed by atoms with Crippen molar-refractivity contribution in [3.05, 3.63) is 0 Å². The van der Waals surface area contributed by atoms with Crippen LogP contribution in [0, 0.1) is 17.2 Å². The molecule has 1 N–H and O–H groups in total. The smallest absolute Gasteiger partial charge is 0.223 e. The van der Waals surface area contributed by atoms with Crippen LogP contribution in [-0.2, 0) is 4.79 Å². The third-order valence-electron chi connectivity index (χ3n) is 4.70. The summed E-state index contributed by atoms with van der Waals surface area (Å²) in [4.78, 5) is 14.5.